The average Bonchev–Trinajstić information content (AvgIpc) is 2.89. The molecule has 1 aromatic heterocycles. The van der Waals surface area contributed by atoms with Gasteiger partial charge in [0.15, 0.2) is 11.6 Å². The molecule has 26 heavy (non-hydrogen) atoms. The predicted octanol–water partition coefficient (Wildman–Crippen LogP) is 3.45. The third kappa shape index (κ3) is 2.97. The standard InChI is InChI=1S/C20H20N2O4/c1-20(2)8-14(23)17(15(24)9-20)18-16(13(10-21)19(22)26-18)11-5-4-6-12(7-11)25-3/h4-7,17H,8-9,22H2,1-3H3. The SMILES string of the molecule is COc1cccc(-c2c(C3C(=O)CC(C)(C)CC3=O)oc(N)c2C#N)c1. The molecule has 1 saturated carbocycles. The van der Waals surface area contributed by atoms with Gasteiger partial charge in [-0.3, -0.25) is 9.59 Å². The van der Waals surface area contributed by atoms with Crippen molar-refractivity contribution in [3.63, 3.8) is 0 Å². The zero-order valence-electron chi connectivity index (χ0n) is 15.0. The summed E-state index contributed by atoms with van der Waals surface area (Å²) in [6.45, 7) is 3.78. The number of nitrogens with two attached hydrogens (primary N) is 1. The van der Waals surface area contributed by atoms with Crippen LogP contribution in [0.15, 0.2) is 28.7 Å². The van der Waals surface area contributed by atoms with Crippen LogP contribution in [0.25, 0.3) is 11.1 Å². The highest BCUT2D eigenvalue weighted by molar-refractivity contribution is 6.11. The highest BCUT2D eigenvalue weighted by Crippen LogP contribution is 2.44. The number of benzene rings is 1. The summed E-state index contributed by atoms with van der Waals surface area (Å²) in [5.74, 6) is -0.820. The van der Waals surface area contributed by atoms with E-state index in [-0.39, 0.29) is 47.0 Å². The van der Waals surface area contributed by atoms with Gasteiger partial charge in [0.25, 0.3) is 0 Å². The first-order chi connectivity index (χ1) is 12.3. The van der Waals surface area contributed by atoms with Gasteiger partial charge >= 0.3 is 0 Å². The van der Waals surface area contributed by atoms with Crippen LogP contribution in [0.1, 0.15) is 43.9 Å². The largest absolute Gasteiger partial charge is 0.497 e. The Morgan fingerprint density at radius 2 is 1.92 bits per heavy atom. The second-order valence-corrected chi connectivity index (χ2v) is 7.31. The first-order valence-electron chi connectivity index (χ1n) is 8.29. The molecule has 0 spiro atoms. The molecule has 1 aliphatic rings. The summed E-state index contributed by atoms with van der Waals surface area (Å²) >= 11 is 0. The van der Waals surface area contributed by atoms with Gasteiger partial charge in [-0.05, 0) is 23.1 Å². The van der Waals surface area contributed by atoms with Crippen molar-refractivity contribution in [1.29, 1.82) is 5.26 Å². The number of hydrogen-bond donors (Lipinski definition) is 1. The van der Waals surface area contributed by atoms with Crippen molar-refractivity contribution >= 4 is 17.5 Å². The van der Waals surface area contributed by atoms with Crippen LogP contribution in [0.5, 0.6) is 5.75 Å². The molecule has 2 N–H and O–H groups in total. The molecular formula is C20H20N2O4. The first kappa shape index (κ1) is 17.7. The predicted molar refractivity (Wildman–Crippen MR) is 95.6 cm³/mol. The summed E-state index contributed by atoms with van der Waals surface area (Å²) in [6, 6.07) is 9.03. The Bertz CT molecular complexity index is 914. The Morgan fingerprint density at radius 1 is 1.27 bits per heavy atom. The third-order valence-electron chi connectivity index (χ3n) is 4.64. The van der Waals surface area contributed by atoms with Gasteiger partial charge in [0, 0.05) is 18.4 Å². The van der Waals surface area contributed by atoms with Crippen LogP contribution in [0.4, 0.5) is 5.88 Å². The van der Waals surface area contributed by atoms with Gasteiger partial charge in [-0.1, -0.05) is 26.0 Å². The van der Waals surface area contributed by atoms with E-state index in [2.05, 4.69) is 0 Å². The quantitative estimate of drug-likeness (QED) is 0.848. The second-order valence-electron chi connectivity index (χ2n) is 7.31. The molecular weight excluding hydrogens is 332 g/mol. The van der Waals surface area contributed by atoms with Gasteiger partial charge in [0.1, 0.15) is 29.1 Å². The molecule has 0 saturated heterocycles. The van der Waals surface area contributed by atoms with Crippen LogP contribution in [-0.2, 0) is 9.59 Å². The molecule has 0 aliphatic heterocycles. The van der Waals surface area contributed by atoms with E-state index < -0.39 is 5.92 Å². The minimum atomic E-state index is -1.03. The van der Waals surface area contributed by atoms with E-state index >= 15 is 0 Å². The number of carbonyl (C=O) groups excluding carboxylic acids is 2. The monoisotopic (exact) mass is 352 g/mol. The number of nitriles is 1. The van der Waals surface area contributed by atoms with Crippen LogP contribution in [-0.4, -0.2) is 18.7 Å². The molecule has 0 atom stereocenters. The fourth-order valence-corrected chi connectivity index (χ4v) is 3.53. The summed E-state index contributed by atoms with van der Waals surface area (Å²) in [7, 11) is 1.53. The minimum absolute atomic E-state index is 0.0919. The van der Waals surface area contributed by atoms with E-state index in [1.54, 1.807) is 24.3 Å². The summed E-state index contributed by atoms with van der Waals surface area (Å²) < 4.78 is 10.8. The molecule has 1 fully saturated rings. The number of rotatable bonds is 3. The van der Waals surface area contributed by atoms with Crippen molar-refractivity contribution in [2.75, 3.05) is 12.8 Å². The highest BCUT2D eigenvalue weighted by atomic mass is 16.5. The van der Waals surface area contributed by atoms with Crippen LogP contribution >= 0.6 is 0 Å². The van der Waals surface area contributed by atoms with Crippen molar-refractivity contribution in [3.05, 3.63) is 35.6 Å². The summed E-state index contributed by atoms with van der Waals surface area (Å²) in [4.78, 5) is 25.4. The second kappa shape index (κ2) is 6.34. The Labute approximate surface area is 151 Å². The van der Waals surface area contributed by atoms with Crippen molar-refractivity contribution in [2.24, 2.45) is 5.41 Å². The molecule has 6 heteroatoms. The number of methoxy groups -OCH3 is 1. The van der Waals surface area contributed by atoms with Gasteiger partial charge in [-0.15, -0.1) is 0 Å². The van der Waals surface area contributed by atoms with Crippen LogP contribution < -0.4 is 10.5 Å². The molecule has 3 rings (SSSR count). The lowest BCUT2D eigenvalue weighted by Crippen LogP contribution is -2.36. The zero-order valence-corrected chi connectivity index (χ0v) is 15.0. The minimum Gasteiger partial charge on any atom is -0.497 e. The van der Waals surface area contributed by atoms with E-state index in [0.717, 1.165) is 0 Å². The van der Waals surface area contributed by atoms with Gasteiger partial charge in [0.2, 0.25) is 5.88 Å². The zero-order chi connectivity index (χ0) is 19.1. The van der Waals surface area contributed by atoms with Gasteiger partial charge in [-0.25, -0.2) is 0 Å². The van der Waals surface area contributed by atoms with E-state index in [4.69, 9.17) is 14.9 Å². The van der Waals surface area contributed by atoms with Crippen LogP contribution in [0.2, 0.25) is 0 Å². The number of furan rings is 1. The number of anilines is 1. The normalized spacial score (nSPS) is 17.2. The van der Waals surface area contributed by atoms with Crippen molar-refractivity contribution < 1.29 is 18.7 Å². The van der Waals surface area contributed by atoms with Crippen LogP contribution in [0, 0.1) is 16.7 Å². The van der Waals surface area contributed by atoms with Crippen molar-refractivity contribution in [3.8, 4) is 22.9 Å². The Morgan fingerprint density at radius 3 is 2.50 bits per heavy atom. The highest BCUT2D eigenvalue weighted by Gasteiger charge is 2.44. The molecule has 1 aliphatic carbocycles. The average molecular weight is 352 g/mol. The van der Waals surface area contributed by atoms with Crippen LogP contribution in [0.3, 0.4) is 0 Å². The van der Waals surface area contributed by atoms with Gasteiger partial charge < -0.3 is 14.9 Å². The number of ether oxygens (including phenoxy) is 1. The number of carbonyl (C=O) groups is 2. The number of nitrogens with zero attached hydrogens (tertiary/aromatic N) is 1. The van der Waals surface area contributed by atoms with E-state index in [1.165, 1.54) is 7.11 Å². The van der Waals surface area contributed by atoms with E-state index in [0.29, 0.717) is 16.9 Å². The first-order valence-corrected chi connectivity index (χ1v) is 8.29. The van der Waals surface area contributed by atoms with Gasteiger partial charge in [-0.2, -0.15) is 5.26 Å². The Balaban J connectivity index is 2.19. The fourth-order valence-electron chi connectivity index (χ4n) is 3.53. The summed E-state index contributed by atoms with van der Waals surface area (Å²) in [5, 5.41) is 9.52. The topological polar surface area (TPSA) is 106 Å². The molecule has 0 unspecified atom stereocenters. The third-order valence-corrected chi connectivity index (χ3v) is 4.64. The van der Waals surface area contributed by atoms with Crippen molar-refractivity contribution in [1.82, 2.24) is 0 Å². The van der Waals surface area contributed by atoms with Gasteiger partial charge in [0.05, 0.1) is 7.11 Å². The van der Waals surface area contributed by atoms with E-state index in [9.17, 15) is 14.9 Å². The number of ketones is 2. The maximum Gasteiger partial charge on any atom is 0.209 e. The molecule has 0 amide bonds. The maximum absolute atomic E-state index is 12.7. The number of nitrogen functional groups attached to an aromatic ring is 1. The molecule has 2 aromatic rings. The Hall–Kier alpha value is -3.07. The molecule has 1 heterocycles. The molecule has 0 bridgehead atoms. The molecule has 6 nitrogen and oxygen atoms in total. The number of hydrogen-bond acceptors (Lipinski definition) is 6. The molecule has 134 valence electrons. The van der Waals surface area contributed by atoms with E-state index in [1.807, 2.05) is 19.9 Å². The lowest BCUT2D eigenvalue weighted by molar-refractivity contribution is -0.136. The number of Topliss-reactive ketones (excluding diaryl/α,β-unsaturated/α-hetero) is 2. The lowest BCUT2D eigenvalue weighted by Gasteiger charge is -2.31. The summed E-state index contributed by atoms with van der Waals surface area (Å²) in [6.07, 6.45) is 0.535. The maximum atomic E-state index is 12.7. The molecule has 1 aromatic carbocycles. The lowest BCUT2D eigenvalue weighted by atomic mass is 9.70. The van der Waals surface area contributed by atoms with Crippen molar-refractivity contribution in [2.45, 2.75) is 32.6 Å². The fraction of sp³-hybridized carbons (Fsp3) is 0.350. The summed E-state index contributed by atoms with van der Waals surface area (Å²) in [5.41, 5.74) is 6.61. The molecule has 0 radical (unpaired) electrons. The Kier molecular flexibility index (Phi) is 4.33. The smallest absolute Gasteiger partial charge is 0.209 e.